The third-order valence-corrected chi connectivity index (χ3v) is 2.82. The summed E-state index contributed by atoms with van der Waals surface area (Å²) >= 11 is 0. The van der Waals surface area contributed by atoms with Gasteiger partial charge in [0.25, 0.3) is 0 Å². The lowest BCUT2D eigenvalue weighted by molar-refractivity contribution is -0.120. The number of benzene rings is 2. The Morgan fingerprint density at radius 3 is 2.60 bits per heavy atom. The molecule has 0 fully saturated rings. The minimum atomic E-state index is -0.519. The fourth-order valence-electron chi connectivity index (χ4n) is 1.78. The van der Waals surface area contributed by atoms with Gasteiger partial charge in [0.1, 0.15) is 12.4 Å². The van der Waals surface area contributed by atoms with Crippen LogP contribution in [0.25, 0.3) is 0 Å². The van der Waals surface area contributed by atoms with E-state index in [1.54, 1.807) is 31.2 Å². The lowest BCUT2D eigenvalue weighted by atomic mass is 10.1. The monoisotopic (exact) mass is 276 g/mol. The van der Waals surface area contributed by atoms with Crippen molar-refractivity contribution in [3.05, 3.63) is 65.2 Å². The molecule has 0 aliphatic heterocycles. The number of halogens is 2. The van der Waals surface area contributed by atoms with Crippen LogP contribution in [0.5, 0.6) is 5.75 Å². The smallest absolute Gasteiger partial charge is 0.174 e. The molecule has 0 aliphatic rings. The molecule has 0 bridgehead atoms. The van der Waals surface area contributed by atoms with Gasteiger partial charge in [-0.1, -0.05) is 24.3 Å². The van der Waals surface area contributed by atoms with E-state index in [1.165, 1.54) is 18.2 Å². The Morgan fingerprint density at radius 1 is 1.10 bits per heavy atom. The molecule has 104 valence electrons. The van der Waals surface area contributed by atoms with E-state index < -0.39 is 11.6 Å². The van der Waals surface area contributed by atoms with Gasteiger partial charge in [-0.2, -0.15) is 0 Å². The summed E-state index contributed by atoms with van der Waals surface area (Å²) in [5.74, 6) is -1.22. The summed E-state index contributed by atoms with van der Waals surface area (Å²) in [7, 11) is 0. The molecule has 0 aliphatic carbocycles. The van der Waals surface area contributed by atoms with E-state index in [0.29, 0.717) is 5.56 Å². The molecular formula is C16H14F2O2. The highest BCUT2D eigenvalue weighted by molar-refractivity contribution is 5.82. The van der Waals surface area contributed by atoms with Crippen molar-refractivity contribution in [2.75, 3.05) is 6.61 Å². The van der Waals surface area contributed by atoms with Gasteiger partial charge in [-0.15, -0.1) is 0 Å². The molecule has 0 heterocycles. The fraction of sp³-hybridized carbons (Fsp3) is 0.188. The molecule has 0 atom stereocenters. The van der Waals surface area contributed by atoms with Crippen molar-refractivity contribution in [1.29, 1.82) is 0 Å². The summed E-state index contributed by atoms with van der Waals surface area (Å²) in [4.78, 5) is 11.7. The van der Waals surface area contributed by atoms with Crippen LogP contribution in [0, 0.1) is 18.6 Å². The summed E-state index contributed by atoms with van der Waals surface area (Å²) in [5, 5.41) is 0. The molecular weight excluding hydrogens is 262 g/mol. The van der Waals surface area contributed by atoms with Gasteiger partial charge in [0, 0.05) is 6.42 Å². The second-order valence-electron chi connectivity index (χ2n) is 4.53. The molecule has 4 heteroatoms. The van der Waals surface area contributed by atoms with E-state index in [1.807, 2.05) is 0 Å². The molecule has 0 saturated heterocycles. The average Bonchev–Trinajstić information content (AvgIpc) is 2.42. The Labute approximate surface area is 116 Å². The molecule has 0 amide bonds. The number of carbonyl (C=O) groups is 1. The fourth-order valence-corrected chi connectivity index (χ4v) is 1.78. The first-order chi connectivity index (χ1) is 9.56. The molecule has 0 radical (unpaired) electrons. The van der Waals surface area contributed by atoms with Crippen LogP contribution in [0.1, 0.15) is 11.1 Å². The Morgan fingerprint density at radius 2 is 1.85 bits per heavy atom. The lowest BCUT2D eigenvalue weighted by Gasteiger charge is -2.08. The van der Waals surface area contributed by atoms with Crippen LogP contribution in [0.3, 0.4) is 0 Å². The quantitative estimate of drug-likeness (QED) is 0.836. The highest BCUT2D eigenvalue weighted by Gasteiger charge is 2.10. The lowest BCUT2D eigenvalue weighted by Crippen LogP contribution is -2.15. The normalized spacial score (nSPS) is 10.3. The largest absolute Gasteiger partial charge is 0.483 e. The van der Waals surface area contributed by atoms with E-state index in [0.717, 1.165) is 5.56 Å². The number of aryl methyl sites for hydroxylation is 1. The Kier molecular flexibility index (Phi) is 4.45. The summed E-state index contributed by atoms with van der Waals surface area (Å²) in [5.41, 5.74) is 1.15. The Hall–Kier alpha value is -2.23. The number of Topliss-reactive ketones (excluding diaryl/α,β-unsaturated/α-hetero) is 1. The predicted octanol–water partition coefficient (Wildman–Crippen LogP) is 3.46. The molecule has 0 saturated carbocycles. The van der Waals surface area contributed by atoms with Gasteiger partial charge in [0.15, 0.2) is 17.3 Å². The maximum absolute atomic E-state index is 13.4. The standard InChI is InChI=1S/C16H14F2O2/c1-11-6-7-15(18)16(8-11)20-10-13(19)9-12-4-2-3-5-14(12)17/h2-8H,9-10H2,1H3. The van der Waals surface area contributed by atoms with E-state index >= 15 is 0 Å². The van der Waals surface area contributed by atoms with Crippen molar-refractivity contribution in [2.45, 2.75) is 13.3 Å². The van der Waals surface area contributed by atoms with Crippen molar-refractivity contribution < 1.29 is 18.3 Å². The van der Waals surface area contributed by atoms with Crippen LogP contribution >= 0.6 is 0 Å². The molecule has 0 N–H and O–H groups in total. The second kappa shape index (κ2) is 6.28. The van der Waals surface area contributed by atoms with E-state index in [9.17, 15) is 13.6 Å². The SMILES string of the molecule is Cc1ccc(F)c(OCC(=O)Cc2ccccc2F)c1. The first-order valence-electron chi connectivity index (χ1n) is 6.20. The highest BCUT2D eigenvalue weighted by Crippen LogP contribution is 2.18. The van der Waals surface area contributed by atoms with Gasteiger partial charge in [0.05, 0.1) is 0 Å². The van der Waals surface area contributed by atoms with E-state index in [-0.39, 0.29) is 24.6 Å². The maximum atomic E-state index is 13.4. The minimum absolute atomic E-state index is 0.0342. The van der Waals surface area contributed by atoms with Crippen LogP contribution in [-0.2, 0) is 11.2 Å². The molecule has 0 unspecified atom stereocenters. The van der Waals surface area contributed by atoms with Crippen molar-refractivity contribution in [2.24, 2.45) is 0 Å². The molecule has 20 heavy (non-hydrogen) atoms. The highest BCUT2D eigenvalue weighted by atomic mass is 19.1. The second-order valence-corrected chi connectivity index (χ2v) is 4.53. The zero-order valence-electron chi connectivity index (χ0n) is 11.0. The van der Waals surface area contributed by atoms with Gasteiger partial charge in [0.2, 0.25) is 0 Å². The summed E-state index contributed by atoms with van der Waals surface area (Å²) in [6.45, 7) is 1.52. The molecule has 2 aromatic rings. The molecule has 2 aromatic carbocycles. The van der Waals surface area contributed by atoms with E-state index in [2.05, 4.69) is 0 Å². The molecule has 0 spiro atoms. The first-order valence-corrected chi connectivity index (χ1v) is 6.20. The number of ketones is 1. The van der Waals surface area contributed by atoms with Crippen molar-refractivity contribution in [3.63, 3.8) is 0 Å². The Bertz CT molecular complexity index is 624. The van der Waals surface area contributed by atoms with Gasteiger partial charge in [-0.25, -0.2) is 8.78 Å². The Balaban J connectivity index is 1.96. The van der Waals surface area contributed by atoms with Gasteiger partial charge >= 0.3 is 0 Å². The third kappa shape index (κ3) is 3.63. The van der Waals surface area contributed by atoms with Gasteiger partial charge < -0.3 is 4.74 Å². The minimum Gasteiger partial charge on any atom is -0.483 e. The van der Waals surface area contributed by atoms with Crippen molar-refractivity contribution in [1.82, 2.24) is 0 Å². The van der Waals surface area contributed by atoms with Crippen LogP contribution < -0.4 is 4.74 Å². The van der Waals surface area contributed by atoms with Crippen LogP contribution in [0.2, 0.25) is 0 Å². The average molecular weight is 276 g/mol. The number of rotatable bonds is 5. The molecule has 2 nitrogen and oxygen atoms in total. The number of carbonyl (C=O) groups excluding carboxylic acids is 1. The van der Waals surface area contributed by atoms with Gasteiger partial charge in [-0.05, 0) is 36.2 Å². The summed E-state index contributed by atoms with van der Waals surface area (Å²) in [6.07, 6.45) is -0.0693. The first kappa shape index (κ1) is 14.2. The molecule has 2 rings (SSSR count). The molecule has 0 aromatic heterocycles. The third-order valence-electron chi connectivity index (χ3n) is 2.82. The number of hydrogen-bond donors (Lipinski definition) is 0. The number of hydrogen-bond acceptors (Lipinski definition) is 2. The van der Waals surface area contributed by atoms with Gasteiger partial charge in [-0.3, -0.25) is 4.79 Å². The van der Waals surface area contributed by atoms with Crippen LogP contribution in [0.15, 0.2) is 42.5 Å². The maximum Gasteiger partial charge on any atom is 0.174 e. The zero-order valence-corrected chi connectivity index (χ0v) is 11.0. The topological polar surface area (TPSA) is 26.3 Å². The zero-order chi connectivity index (χ0) is 14.5. The van der Waals surface area contributed by atoms with E-state index in [4.69, 9.17) is 4.74 Å². The van der Waals surface area contributed by atoms with Crippen LogP contribution in [0.4, 0.5) is 8.78 Å². The summed E-state index contributed by atoms with van der Waals surface area (Å²) < 4.78 is 31.9. The van der Waals surface area contributed by atoms with Crippen molar-refractivity contribution >= 4 is 5.78 Å². The van der Waals surface area contributed by atoms with Crippen LogP contribution in [-0.4, -0.2) is 12.4 Å². The number of ether oxygens (including phenoxy) is 1. The predicted molar refractivity (Wildman–Crippen MR) is 71.7 cm³/mol. The van der Waals surface area contributed by atoms with Crippen molar-refractivity contribution in [3.8, 4) is 5.75 Å². The summed E-state index contributed by atoms with van der Waals surface area (Å²) in [6, 6.07) is 10.5.